The van der Waals surface area contributed by atoms with Gasteiger partial charge in [-0.05, 0) is 12.1 Å². The lowest BCUT2D eigenvalue weighted by Gasteiger charge is -2.21. The molecular formula is C13H18ClNO2S3. The normalized spacial score (nSPS) is 20.0. The van der Waals surface area contributed by atoms with Gasteiger partial charge in [-0.1, -0.05) is 17.7 Å². The first kappa shape index (κ1) is 16.5. The second-order valence-electron chi connectivity index (χ2n) is 4.69. The summed E-state index contributed by atoms with van der Waals surface area (Å²) in [5.74, 6) is 3.57. The fourth-order valence-corrected chi connectivity index (χ4v) is 5.97. The number of benzene rings is 1. The summed E-state index contributed by atoms with van der Waals surface area (Å²) in [6.07, 6.45) is 1.22. The first-order chi connectivity index (χ1) is 9.48. The van der Waals surface area contributed by atoms with Gasteiger partial charge in [0.2, 0.25) is 0 Å². The minimum Gasteiger partial charge on any atom is -0.311 e. The average molecular weight is 352 g/mol. The van der Waals surface area contributed by atoms with Crippen molar-refractivity contribution in [2.45, 2.75) is 16.7 Å². The van der Waals surface area contributed by atoms with Gasteiger partial charge in [0, 0.05) is 52.4 Å². The SMILES string of the molecule is CS(=O)(=O)c1cccc(Cl)c1CNCC1CSCCS1. The second kappa shape index (κ2) is 7.40. The van der Waals surface area contributed by atoms with Crippen molar-refractivity contribution in [3.63, 3.8) is 0 Å². The van der Waals surface area contributed by atoms with Crippen LogP contribution in [0.5, 0.6) is 0 Å². The molecule has 0 spiro atoms. The van der Waals surface area contributed by atoms with Crippen molar-refractivity contribution in [3.8, 4) is 0 Å². The van der Waals surface area contributed by atoms with Gasteiger partial charge in [-0.2, -0.15) is 23.5 Å². The Kier molecular flexibility index (Phi) is 6.10. The van der Waals surface area contributed by atoms with Crippen LogP contribution in [-0.2, 0) is 16.4 Å². The van der Waals surface area contributed by atoms with Gasteiger partial charge in [0.25, 0.3) is 0 Å². The van der Waals surface area contributed by atoms with Crippen molar-refractivity contribution in [1.82, 2.24) is 5.32 Å². The monoisotopic (exact) mass is 351 g/mol. The molecule has 0 radical (unpaired) electrons. The van der Waals surface area contributed by atoms with Crippen LogP contribution in [0, 0.1) is 0 Å². The Morgan fingerprint density at radius 1 is 1.40 bits per heavy atom. The van der Waals surface area contributed by atoms with Gasteiger partial charge in [-0.3, -0.25) is 0 Å². The summed E-state index contributed by atoms with van der Waals surface area (Å²) < 4.78 is 23.6. The Bertz CT molecular complexity index is 557. The maximum Gasteiger partial charge on any atom is 0.175 e. The van der Waals surface area contributed by atoms with Crippen molar-refractivity contribution in [3.05, 3.63) is 28.8 Å². The molecule has 1 saturated heterocycles. The molecule has 0 aliphatic carbocycles. The van der Waals surface area contributed by atoms with E-state index in [9.17, 15) is 8.42 Å². The highest BCUT2D eigenvalue weighted by Gasteiger charge is 2.17. The van der Waals surface area contributed by atoms with Crippen LogP contribution in [0.25, 0.3) is 0 Å². The number of hydrogen-bond donors (Lipinski definition) is 1. The number of halogens is 1. The zero-order valence-corrected chi connectivity index (χ0v) is 14.5. The van der Waals surface area contributed by atoms with E-state index >= 15 is 0 Å². The topological polar surface area (TPSA) is 46.2 Å². The third-order valence-corrected chi connectivity index (χ3v) is 7.41. The minimum atomic E-state index is -3.25. The lowest BCUT2D eigenvalue weighted by Crippen LogP contribution is -2.29. The van der Waals surface area contributed by atoms with E-state index in [1.807, 2.05) is 23.5 Å². The van der Waals surface area contributed by atoms with Crippen LogP contribution in [0.15, 0.2) is 23.1 Å². The average Bonchev–Trinajstić information content (AvgIpc) is 2.40. The predicted molar refractivity (Wildman–Crippen MR) is 89.8 cm³/mol. The van der Waals surface area contributed by atoms with Gasteiger partial charge in [0.05, 0.1) is 4.90 Å². The minimum absolute atomic E-state index is 0.322. The van der Waals surface area contributed by atoms with Crippen molar-refractivity contribution in [2.75, 3.05) is 30.1 Å². The van der Waals surface area contributed by atoms with Crippen LogP contribution >= 0.6 is 35.1 Å². The quantitative estimate of drug-likeness (QED) is 0.883. The summed E-state index contributed by atoms with van der Waals surface area (Å²) in [6.45, 7) is 1.37. The van der Waals surface area contributed by atoms with Crippen LogP contribution < -0.4 is 5.32 Å². The van der Waals surface area contributed by atoms with E-state index in [1.54, 1.807) is 18.2 Å². The van der Waals surface area contributed by atoms with E-state index < -0.39 is 9.84 Å². The van der Waals surface area contributed by atoms with Crippen molar-refractivity contribution < 1.29 is 8.42 Å². The molecular weight excluding hydrogens is 334 g/mol. The number of nitrogens with one attached hydrogen (secondary N) is 1. The van der Waals surface area contributed by atoms with Gasteiger partial charge in [0.1, 0.15) is 0 Å². The van der Waals surface area contributed by atoms with Crippen molar-refractivity contribution in [1.29, 1.82) is 0 Å². The number of sulfone groups is 1. The number of rotatable bonds is 5. The van der Waals surface area contributed by atoms with Gasteiger partial charge < -0.3 is 5.32 Å². The van der Waals surface area contributed by atoms with Crippen LogP contribution in [0.1, 0.15) is 5.56 Å². The van der Waals surface area contributed by atoms with Gasteiger partial charge in [-0.25, -0.2) is 8.42 Å². The highest BCUT2D eigenvalue weighted by molar-refractivity contribution is 8.06. The molecule has 1 N–H and O–H groups in total. The molecule has 1 aromatic rings. The maximum atomic E-state index is 11.8. The fraction of sp³-hybridized carbons (Fsp3) is 0.538. The zero-order chi connectivity index (χ0) is 14.6. The van der Waals surface area contributed by atoms with E-state index in [-0.39, 0.29) is 0 Å². The van der Waals surface area contributed by atoms with Gasteiger partial charge in [-0.15, -0.1) is 0 Å². The first-order valence-corrected chi connectivity index (χ1v) is 10.8. The molecule has 1 atom stereocenters. The molecule has 7 heteroatoms. The molecule has 0 saturated carbocycles. The molecule has 20 heavy (non-hydrogen) atoms. The van der Waals surface area contributed by atoms with E-state index in [0.717, 1.165) is 12.3 Å². The summed E-state index contributed by atoms with van der Waals surface area (Å²) in [5, 5.41) is 4.44. The third-order valence-electron chi connectivity index (χ3n) is 3.03. The van der Waals surface area contributed by atoms with Crippen molar-refractivity contribution >= 4 is 45.0 Å². The van der Waals surface area contributed by atoms with Crippen molar-refractivity contribution in [2.24, 2.45) is 0 Å². The number of hydrogen-bond acceptors (Lipinski definition) is 5. The van der Waals surface area contributed by atoms with Crippen LogP contribution in [0.3, 0.4) is 0 Å². The number of thioether (sulfide) groups is 2. The molecule has 1 aromatic carbocycles. The van der Waals surface area contributed by atoms with E-state index in [0.29, 0.717) is 27.3 Å². The Morgan fingerprint density at radius 3 is 2.85 bits per heavy atom. The molecule has 1 aliphatic rings. The van der Waals surface area contributed by atoms with E-state index in [4.69, 9.17) is 11.6 Å². The molecule has 1 fully saturated rings. The lowest BCUT2D eigenvalue weighted by atomic mass is 10.2. The molecule has 3 nitrogen and oxygen atoms in total. The fourth-order valence-electron chi connectivity index (χ4n) is 2.07. The summed E-state index contributed by atoms with van der Waals surface area (Å²) >= 11 is 10.1. The van der Waals surface area contributed by atoms with E-state index in [1.165, 1.54) is 17.8 Å². The summed E-state index contributed by atoms with van der Waals surface area (Å²) in [6, 6.07) is 5.03. The molecule has 1 heterocycles. The standard InChI is InChI=1S/C13H18ClNO2S3/c1-20(16,17)13-4-2-3-12(14)11(13)8-15-7-10-9-18-5-6-19-10/h2-4,10,15H,5-9H2,1H3. The molecule has 0 bridgehead atoms. The second-order valence-corrected chi connectivity index (χ2v) is 9.64. The van der Waals surface area contributed by atoms with Crippen LogP contribution in [0.2, 0.25) is 5.02 Å². The predicted octanol–water partition coefficient (Wildman–Crippen LogP) is 2.68. The summed E-state index contributed by atoms with van der Waals surface area (Å²) in [7, 11) is -3.25. The van der Waals surface area contributed by atoms with Crippen LogP contribution in [0.4, 0.5) is 0 Å². The summed E-state index contributed by atoms with van der Waals surface area (Å²) in [4.78, 5) is 0.322. The molecule has 112 valence electrons. The molecule has 0 amide bonds. The Labute approximate surface area is 134 Å². The molecule has 0 aromatic heterocycles. The highest BCUT2D eigenvalue weighted by Crippen LogP contribution is 2.25. The first-order valence-electron chi connectivity index (χ1n) is 6.36. The van der Waals surface area contributed by atoms with E-state index in [2.05, 4.69) is 5.32 Å². The Hall–Kier alpha value is 0.120. The van der Waals surface area contributed by atoms with Gasteiger partial charge in [0.15, 0.2) is 9.84 Å². The molecule has 1 unspecified atom stereocenters. The Balaban J connectivity index is 2.01. The zero-order valence-electron chi connectivity index (χ0n) is 11.3. The van der Waals surface area contributed by atoms with Gasteiger partial charge >= 0.3 is 0 Å². The third kappa shape index (κ3) is 4.56. The molecule has 2 rings (SSSR count). The smallest absolute Gasteiger partial charge is 0.175 e. The Morgan fingerprint density at radius 2 is 2.20 bits per heavy atom. The lowest BCUT2D eigenvalue weighted by molar-refractivity contribution is 0.598. The maximum absolute atomic E-state index is 11.8. The molecule has 1 aliphatic heterocycles. The summed E-state index contributed by atoms with van der Waals surface area (Å²) in [5.41, 5.74) is 0.671. The van der Waals surface area contributed by atoms with Crippen LogP contribution in [-0.4, -0.2) is 43.7 Å². The highest BCUT2D eigenvalue weighted by atomic mass is 35.5. The largest absolute Gasteiger partial charge is 0.311 e.